The molecule has 5 nitrogen and oxygen atoms in total. The number of Topliss-reactive ketones (excluding diaryl/α,β-unsaturated/α-hetero) is 1. The summed E-state index contributed by atoms with van der Waals surface area (Å²) in [4.78, 5) is 22.3. The van der Waals surface area contributed by atoms with E-state index in [4.69, 9.17) is 5.11 Å². The van der Waals surface area contributed by atoms with Gasteiger partial charge in [0.25, 0.3) is 0 Å². The number of ketones is 1. The fourth-order valence-electron chi connectivity index (χ4n) is 2.39. The van der Waals surface area contributed by atoms with Gasteiger partial charge in [-0.25, -0.2) is 0 Å². The van der Waals surface area contributed by atoms with Gasteiger partial charge in [-0.1, -0.05) is 0 Å². The number of carboxylic acids is 1. The molecule has 3 rings (SSSR count). The Hall–Kier alpha value is -1.65. The van der Waals surface area contributed by atoms with Crippen molar-refractivity contribution >= 4 is 11.8 Å². The maximum absolute atomic E-state index is 11.8. The van der Waals surface area contributed by atoms with Crippen LogP contribution in [0.3, 0.4) is 0 Å². The number of carbonyl (C=O) groups excluding carboxylic acids is 1. The van der Waals surface area contributed by atoms with Crippen LogP contribution in [-0.2, 0) is 11.3 Å². The Kier molecular flexibility index (Phi) is 1.43. The topological polar surface area (TPSA) is 72.2 Å². The molecule has 78 valence electrons. The van der Waals surface area contributed by atoms with Gasteiger partial charge >= 0.3 is 5.97 Å². The lowest BCUT2D eigenvalue weighted by molar-refractivity contribution is -0.137. The van der Waals surface area contributed by atoms with Crippen LogP contribution in [0.25, 0.3) is 0 Å². The number of fused-ring (bicyclic) bond motifs is 3. The zero-order valence-electron chi connectivity index (χ0n) is 8.23. The summed E-state index contributed by atoms with van der Waals surface area (Å²) in [6.45, 7) is 1.60. The Morgan fingerprint density at radius 2 is 2.33 bits per heavy atom. The largest absolute Gasteiger partial charge is 0.480 e. The summed E-state index contributed by atoms with van der Waals surface area (Å²) in [7, 11) is 0. The molecule has 0 spiro atoms. The number of nitrogens with zero attached hydrogens (tertiary/aromatic N) is 2. The van der Waals surface area contributed by atoms with Crippen LogP contribution in [0.15, 0.2) is 0 Å². The summed E-state index contributed by atoms with van der Waals surface area (Å²) in [5.74, 6) is -0.342. The van der Waals surface area contributed by atoms with Gasteiger partial charge in [0.05, 0.1) is 11.3 Å². The summed E-state index contributed by atoms with van der Waals surface area (Å²) in [5.41, 5.74) is 2.20. The van der Waals surface area contributed by atoms with Gasteiger partial charge in [-0.15, -0.1) is 0 Å². The Bertz CT molecular complexity index is 489. The highest BCUT2D eigenvalue weighted by molar-refractivity contribution is 6.06. The van der Waals surface area contributed by atoms with Crippen LogP contribution in [-0.4, -0.2) is 26.6 Å². The molecule has 5 heteroatoms. The van der Waals surface area contributed by atoms with Gasteiger partial charge in [0.15, 0.2) is 5.78 Å². The molecule has 0 saturated heterocycles. The van der Waals surface area contributed by atoms with Gasteiger partial charge in [0.2, 0.25) is 0 Å². The molecule has 0 amide bonds. The van der Waals surface area contributed by atoms with E-state index in [1.807, 2.05) is 0 Å². The predicted octanol–water partition coefficient (Wildman–Crippen LogP) is 0.576. The number of hydrogen-bond donors (Lipinski definition) is 1. The van der Waals surface area contributed by atoms with Crippen molar-refractivity contribution in [1.82, 2.24) is 9.78 Å². The van der Waals surface area contributed by atoms with E-state index in [0.29, 0.717) is 11.3 Å². The fraction of sp³-hybridized carbons (Fsp3) is 0.500. The van der Waals surface area contributed by atoms with Gasteiger partial charge in [0, 0.05) is 17.5 Å². The van der Waals surface area contributed by atoms with Crippen molar-refractivity contribution in [2.45, 2.75) is 25.8 Å². The van der Waals surface area contributed by atoms with Crippen molar-refractivity contribution in [1.29, 1.82) is 0 Å². The summed E-state index contributed by atoms with van der Waals surface area (Å²) < 4.78 is 1.42. The average Bonchev–Trinajstić information content (AvgIpc) is 2.81. The summed E-state index contributed by atoms with van der Waals surface area (Å²) >= 11 is 0. The third kappa shape index (κ3) is 1.00. The molecule has 1 aromatic rings. The van der Waals surface area contributed by atoms with E-state index in [-0.39, 0.29) is 24.2 Å². The Balaban J connectivity index is 2.07. The normalized spacial score (nSPS) is 26.3. The van der Waals surface area contributed by atoms with E-state index >= 15 is 0 Å². The molecular weight excluding hydrogens is 196 g/mol. The lowest BCUT2D eigenvalue weighted by Gasteiger charge is -2.00. The second kappa shape index (κ2) is 2.48. The second-order valence-electron chi connectivity index (χ2n) is 4.21. The van der Waals surface area contributed by atoms with E-state index in [0.717, 1.165) is 12.1 Å². The van der Waals surface area contributed by atoms with Crippen molar-refractivity contribution in [3.8, 4) is 0 Å². The summed E-state index contributed by atoms with van der Waals surface area (Å²) in [6, 6.07) is 0. The van der Waals surface area contributed by atoms with Crippen molar-refractivity contribution < 1.29 is 14.7 Å². The van der Waals surface area contributed by atoms with Gasteiger partial charge < -0.3 is 5.11 Å². The first-order valence-electron chi connectivity index (χ1n) is 4.93. The monoisotopic (exact) mass is 206 g/mol. The highest BCUT2D eigenvalue weighted by atomic mass is 16.4. The van der Waals surface area contributed by atoms with Crippen LogP contribution >= 0.6 is 0 Å². The van der Waals surface area contributed by atoms with E-state index in [1.54, 1.807) is 6.92 Å². The summed E-state index contributed by atoms with van der Waals surface area (Å²) in [6.07, 6.45) is 0.898. The molecule has 0 bridgehead atoms. The van der Waals surface area contributed by atoms with Gasteiger partial charge in [-0.3, -0.25) is 14.3 Å². The van der Waals surface area contributed by atoms with E-state index in [1.165, 1.54) is 4.68 Å². The highest BCUT2D eigenvalue weighted by Crippen LogP contribution is 2.56. The first kappa shape index (κ1) is 8.64. The standard InChI is InChI=1S/C10H10N2O3/c1-4-8-9(5-2-6(5)10(8)15)11-12(4)3-7(13)14/h5-6H,2-3H2,1H3,(H,13,14). The maximum atomic E-state index is 11.8. The van der Waals surface area contributed by atoms with Crippen LogP contribution < -0.4 is 0 Å². The zero-order chi connectivity index (χ0) is 10.7. The lowest BCUT2D eigenvalue weighted by Crippen LogP contribution is -2.13. The number of carbonyl (C=O) groups is 2. The van der Waals surface area contributed by atoms with E-state index in [9.17, 15) is 9.59 Å². The van der Waals surface area contributed by atoms with Crippen molar-refractivity contribution in [2.24, 2.45) is 5.92 Å². The van der Waals surface area contributed by atoms with Crippen molar-refractivity contribution in [3.63, 3.8) is 0 Å². The molecule has 1 aromatic heterocycles. The third-order valence-corrected chi connectivity index (χ3v) is 3.24. The minimum absolute atomic E-state index is 0.153. The molecule has 0 radical (unpaired) electrons. The quantitative estimate of drug-likeness (QED) is 0.768. The smallest absolute Gasteiger partial charge is 0.325 e. The van der Waals surface area contributed by atoms with Gasteiger partial charge in [-0.2, -0.15) is 5.10 Å². The summed E-state index contributed by atoms with van der Waals surface area (Å²) in [5, 5.41) is 12.9. The molecule has 1 N–H and O–H groups in total. The SMILES string of the molecule is Cc1c2c(nn1CC(=O)O)C1CC1C2=O. The third-order valence-electron chi connectivity index (χ3n) is 3.24. The van der Waals surface area contributed by atoms with Crippen LogP contribution in [0.1, 0.15) is 34.1 Å². The van der Waals surface area contributed by atoms with Gasteiger partial charge in [-0.05, 0) is 13.3 Å². The van der Waals surface area contributed by atoms with Crippen LogP contribution in [0, 0.1) is 12.8 Å². The molecule has 1 heterocycles. The molecule has 1 saturated carbocycles. The van der Waals surface area contributed by atoms with Crippen LogP contribution in [0.5, 0.6) is 0 Å². The molecule has 2 atom stereocenters. The Morgan fingerprint density at radius 1 is 1.60 bits per heavy atom. The second-order valence-corrected chi connectivity index (χ2v) is 4.21. The fourth-order valence-corrected chi connectivity index (χ4v) is 2.39. The molecule has 0 aliphatic heterocycles. The Labute approximate surface area is 85.7 Å². The van der Waals surface area contributed by atoms with Gasteiger partial charge in [0.1, 0.15) is 6.54 Å². The Morgan fingerprint density at radius 3 is 2.93 bits per heavy atom. The minimum atomic E-state index is -0.931. The number of carboxylic acid groups (broad SMARTS) is 1. The average molecular weight is 206 g/mol. The lowest BCUT2D eigenvalue weighted by atomic mass is 10.1. The minimum Gasteiger partial charge on any atom is -0.480 e. The molecule has 2 unspecified atom stereocenters. The number of hydrogen-bond acceptors (Lipinski definition) is 3. The molecule has 2 aliphatic rings. The number of rotatable bonds is 2. The maximum Gasteiger partial charge on any atom is 0.325 e. The van der Waals surface area contributed by atoms with Crippen LogP contribution in [0.4, 0.5) is 0 Å². The number of aliphatic carboxylic acids is 1. The van der Waals surface area contributed by atoms with E-state index < -0.39 is 5.97 Å². The molecule has 1 fully saturated rings. The molecule has 15 heavy (non-hydrogen) atoms. The van der Waals surface area contributed by atoms with Crippen molar-refractivity contribution in [3.05, 3.63) is 17.0 Å². The first-order valence-corrected chi connectivity index (χ1v) is 4.93. The van der Waals surface area contributed by atoms with Crippen molar-refractivity contribution in [2.75, 3.05) is 0 Å². The van der Waals surface area contributed by atoms with E-state index in [2.05, 4.69) is 5.10 Å². The zero-order valence-corrected chi connectivity index (χ0v) is 8.23. The molecule has 0 aromatic carbocycles. The van der Waals surface area contributed by atoms with Crippen LogP contribution in [0.2, 0.25) is 0 Å². The number of aromatic nitrogens is 2. The highest BCUT2D eigenvalue weighted by Gasteiger charge is 2.54. The molecule has 2 aliphatic carbocycles. The molecular formula is C10H10N2O3. The predicted molar refractivity (Wildman–Crippen MR) is 49.8 cm³/mol. The first-order chi connectivity index (χ1) is 7.09.